The molecule has 1 unspecified atom stereocenters. The van der Waals surface area contributed by atoms with Gasteiger partial charge in [-0.1, -0.05) is 12.1 Å². The van der Waals surface area contributed by atoms with E-state index in [1.807, 2.05) is 29.2 Å². The van der Waals surface area contributed by atoms with Crippen LogP contribution in [0.5, 0.6) is 0 Å². The minimum atomic E-state index is 0.218. The van der Waals surface area contributed by atoms with E-state index in [4.69, 9.17) is 0 Å². The van der Waals surface area contributed by atoms with Gasteiger partial charge in [-0.3, -0.25) is 14.7 Å². The van der Waals surface area contributed by atoms with Crippen LogP contribution in [-0.4, -0.2) is 62.7 Å². The molecule has 34 heavy (non-hydrogen) atoms. The van der Waals surface area contributed by atoms with Gasteiger partial charge < -0.3 is 10.2 Å². The third kappa shape index (κ3) is 4.14. The molecule has 1 atom stereocenters. The van der Waals surface area contributed by atoms with Crippen LogP contribution in [0.4, 0.5) is 0 Å². The second-order valence-electron chi connectivity index (χ2n) is 9.85. The van der Waals surface area contributed by atoms with Gasteiger partial charge in [0.25, 0.3) is 5.91 Å². The van der Waals surface area contributed by atoms with Crippen LogP contribution >= 0.6 is 0 Å². The van der Waals surface area contributed by atoms with Gasteiger partial charge in [0.05, 0.1) is 17.6 Å². The number of pyridine rings is 1. The molecule has 2 fully saturated rings. The van der Waals surface area contributed by atoms with Crippen molar-refractivity contribution < 1.29 is 4.79 Å². The Bertz CT molecular complexity index is 1140. The molecule has 0 spiro atoms. The van der Waals surface area contributed by atoms with Crippen LogP contribution in [0, 0.1) is 0 Å². The first kappa shape index (κ1) is 21.5. The SMILES string of the molecule is O=C1c2ccc(C3CCN(Cc4ccnn4-c4cccnc4)CC3)cc2CN1C1CCCNC1. The number of nitrogens with one attached hydrogen (secondary N) is 1. The number of nitrogens with zero attached hydrogens (tertiary/aromatic N) is 5. The Kier molecular flexibility index (Phi) is 5.89. The molecule has 1 N–H and O–H groups in total. The lowest BCUT2D eigenvalue weighted by Gasteiger charge is -2.32. The van der Waals surface area contributed by atoms with E-state index in [0.29, 0.717) is 12.0 Å². The highest BCUT2D eigenvalue weighted by Crippen LogP contribution is 2.33. The highest BCUT2D eigenvalue weighted by atomic mass is 16.2. The van der Waals surface area contributed by atoms with Crippen LogP contribution in [0.1, 0.15) is 58.8 Å². The van der Waals surface area contributed by atoms with Crippen molar-refractivity contribution >= 4 is 5.91 Å². The van der Waals surface area contributed by atoms with Crippen LogP contribution in [0.25, 0.3) is 5.69 Å². The summed E-state index contributed by atoms with van der Waals surface area (Å²) in [6.45, 7) is 5.79. The fourth-order valence-corrected chi connectivity index (χ4v) is 5.83. The molecule has 6 rings (SSSR count). The molecular formula is C27H32N6O. The second kappa shape index (κ2) is 9.31. The maximum absolute atomic E-state index is 13.0. The highest BCUT2D eigenvalue weighted by Gasteiger charge is 2.34. The number of hydrogen-bond donors (Lipinski definition) is 1. The smallest absolute Gasteiger partial charge is 0.254 e. The van der Waals surface area contributed by atoms with Crippen LogP contribution in [0.15, 0.2) is 55.0 Å². The number of carbonyl (C=O) groups excluding carboxylic acids is 1. The summed E-state index contributed by atoms with van der Waals surface area (Å²) >= 11 is 0. The monoisotopic (exact) mass is 456 g/mol. The number of benzene rings is 1. The maximum Gasteiger partial charge on any atom is 0.254 e. The lowest BCUT2D eigenvalue weighted by molar-refractivity contribution is 0.0674. The number of piperidine rings is 2. The predicted molar refractivity (Wildman–Crippen MR) is 131 cm³/mol. The molecule has 1 aromatic carbocycles. The van der Waals surface area contributed by atoms with E-state index >= 15 is 0 Å². The Hall–Kier alpha value is -3.03. The first-order valence-electron chi connectivity index (χ1n) is 12.6. The van der Waals surface area contributed by atoms with Crippen molar-refractivity contribution in [3.63, 3.8) is 0 Å². The second-order valence-corrected chi connectivity index (χ2v) is 9.85. The molecule has 1 amide bonds. The van der Waals surface area contributed by atoms with Gasteiger partial charge in [-0.15, -0.1) is 0 Å². The van der Waals surface area contributed by atoms with Crippen LogP contribution in [0.3, 0.4) is 0 Å². The van der Waals surface area contributed by atoms with Crippen molar-refractivity contribution in [3.05, 3.63) is 77.4 Å². The first-order valence-corrected chi connectivity index (χ1v) is 12.6. The van der Waals surface area contributed by atoms with Crippen LogP contribution in [-0.2, 0) is 13.1 Å². The molecule has 7 heteroatoms. The average molecular weight is 457 g/mol. The van der Waals surface area contributed by atoms with Gasteiger partial charge in [0, 0.05) is 43.6 Å². The molecule has 5 heterocycles. The Balaban J connectivity index is 1.09. The van der Waals surface area contributed by atoms with Gasteiger partial charge in [0.15, 0.2) is 0 Å². The Labute approximate surface area is 200 Å². The number of rotatable bonds is 5. The van der Waals surface area contributed by atoms with Crippen LogP contribution < -0.4 is 5.32 Å². The van der Waals surface area contributed by atoms with Crippen molar-refractivity contribution in [2.75, 3.05) is 26.2 Å². The van der Waals surface area contributed by atoms with Gasteiger partial charge in [-0.25, -0.2) is 4.68 Å². The molecule has 176 valence electrons. The maximum atomic E-state index is 13.0. The molecule has 0 aliphatic carbocycles. The molecular weight excluding hydrogens is 424 g/mol. The third-order valence-electron chi connectivity index (χ3n) is 7.73. The zero-order valence-corrected chi connectivity index (χ0v) is 19.6. The van der Waals surface area contributed by atoms with Crippen molar-refractivity contribution in [1.82, 2.24) is 29.9 Å². The normalized spacial score (nSPS) is 21.7. The molecule has 2 aromatic heterocycles. The molecule has 0 radical (unpaired) electrons. The molecule has 7 nitrogen and oxygen atoms in total. The third-order valence-corrected chi connectivity index (χ3v) is 7.73. The van der Waals surface area contributed by atoms with Crippen molar-refractivity contribution in [2.24, 2.45) is 0 Å². The number of fused-ring (bicyclic) bond motifs is 1. The number of carbonyl (C=O) groups is 1. The number of amides is 1. The van der Waals surface area contributed by atoms with E-state index in [1.165, 1.54) is 16.8 Å². The van der Waals surface area contributed by atoms with Crippen molar-refractivity contribution in [1.29, 1.82) is 0 Å². The Morgan fingerprint density at radius 1 is 1.06 bits per heavy atom. The lowest BCUT2D eigenvalue weighted by atomic mass is 9.88. The van der Waals surface area contributed by atoms with E-state index in [0.717, 1.165) is 76.2 Å². The molecule has 0 bridgehead atoms. The van der Waals surface area contributed by atoms with E-state index in [9.17, 15) is 4.79 Å². The summed E-state index contributed by atoms with van der Waals surface area (Å²) in [5, 5.41) is 7.96. The average Bonchev–Trinajstić information content (AvgIpc) is 3.49. The summed E-state index contributed by atoms with van der Waals surface area (Å²) in [4.78, 5) is 21.8. The molecule has 3 aliphatic rings. The topological polar surface area (TPSA) is 66.3 Å². The van der Waals surface area contributed by atoms with E-state index in [2.05, 4.69) is 49.5 Å². The molecule has 0 saturated carbocycles. The number of likely N-dealkylation sites (tertiary alicyclic amines) is 1. The van der Waals surface area contributed by atoms with E-state index < -0.39 is 0 Å². The molecule has 3 aliphatic heterocycles. The first-order chi connectivity index (χ1) is 16.8. The predicted octanol–water partition coefficient (Wildman–Crippen LogP) is 3.35. The lowest BCUT2D eigenvalue weighted by Crippen LogP contribution is -2.46. The minimum Gasteiger partial charge on any atom is -0.330 e. The summed E-state index contributed by atoms with van der Waals surface area (Å²) in [7, 11) is 0. The summed E-state index contributed by atoms with van der Waals surface area (Å²) in [5.41, 5.74) is 5.73. The van der Waals surface area contributed by atoms with Gasteiger partial charge >= 0.3 is 0 Å². The summed E-state index contributed by atoms with van der Waals surface area (Å²) in [6, 6.07) is 13.0. The summed E-state index contributed by atoms with van der Waals surface area (Å²) < 4.78 is 1.99. The minimum absolute atomic E-state index is 0.218. The largest absolute Gasteiger partial charge is 0.330 e. The van der Waals surface area contributed by atoms with Gasteiger partial charge in [-0.2, -0.15) is 5.10 Å². The standard InChI is InChI=1S/C27H32N6O/c34-27-26-6-5-21(15-22(26)18-32(27)23-3-1-10-28-16-23)20-8-13-31(14-9-20)19-25-7-12-30-33(25)24-4-2-11-29-17-24/h2,4-7,11-12,15,17,20,23,28H,1,3,8-10,13-14,16,18-19H2. The van der Waals surface area contributed by atoms with Crippen molar-refractivity contribution in [2.45, 2.75) is 50.7 Å². The van der Waals surface area contributed by atoms with Crippen LogP contribution in [0.2, 0.25) is 0 Å². The van der Waals surface area contributed by atoms with E-state index in [1.54, 1.807) is 6.20 Å². The number of aromatic nitrogens is 3. The highest BCUT2D eigenvalue weighted by molar-refractivity contribution is 5.98. The zero-order valence-electron chi connectivity index (χ0n) is 19.6. The Morgan fingerprint density at radius 2 is 1.97 bits per heavy atom. The molecule has 2 saturated heterocycles. The quantitative estimate of drug-likeness (QED) is 0.638. The summed E-state index contributed by atoms with van der Waals surface area (Å²) in [6.07, 6.45) is 10.1. The Morgan fingerprint density at radius 3 is 2.76 bits per heavy atom. The fourth-order valence-electron chi connectivity index (χ4n) is 5.83. The van der Waals surface area contributed by atoms with Gasteiger partial charge in [0.1, 0.15) is 0 Å². The van der Waals surface area contributed by atoms with Gasteiger partial charge in [-0.05, 0) is 86.6 Å². The fraction of sp³-hybridized carbons (Fsp3) is 0.444. The number of hydrogen-bond acceptors (Lipinski definition) is 5. The van der Waals surface area contributed by atoms with Crippen molar-refractivity contribution in [3.8, 4) is 5.69 Å². The van der Waals surface area contributed by atoms with Gasteiger partial charge in [0.2, 0.25) is 0 Å². The zero-order chi connectivity index (χ0) is 22.9. The molecule has 3 aromatic rings. The summed E-state index contributed by atoms with van der Waals surface area (Å²) in [5.74, 6) is 0.778. The van der Waals surface area contributed by atoms with E-state index in [-0.39, 0.29) is 5.91 Å².